The van der Waals surface area contributed by atoms with Crippen LogP contribution >= 0.6 is 0 Å². The lowest BCUT2D eigenvalue weighted by molar-refractivity contribution is 0.171. The number of benzene rings is 3. The van der Waals surface area contributed by atoms with Crippen molar-refractivity contribution in [3.63, 3.8) is 0 Å². The zero-order chi connectivity index (χ0) is 22.9. The topological polar surface area (TPSA) is 57.9 Å². The maximum absolute atomic E-state index is 13.5. The number of rotatable bonds is 5. The van der Waals surface area contributed by atoms with E-state index in [0.717, 1.165) is 16.7 Å². The molecule has 33 heavy (non-hydrogen) atoms. The molecule has 0 saturated carbocycles. The van der Waals surface area contributed by atoms with Crippen LogP contribution in [0.2, 0.25) is 0 Å². The van der Waals surface area contributed by atoms with Crippen molar-refractivity contribution < 1.29 is 23.0 Å². The molecule has 1 aliphatic heterocycles. The van der Waals surface area contributed by atoms with Gasteiger partial charge in [0.15, 0.2) is 11.5 Å². The third-order valence-corrected chi connectivity index (χ3v) is 5.77. The molecule has 5 nitrogen and oxygen atoms in total. The van der Waals surface area contributed by atoms with Crippen LogP contribution in [-0.2, 0) is 13.0 Å². The van der Waals surface area contributed by atoms with E-state index >= 15 is 0 Å². The summed E-state index contributed by atoms with van der Waals surface area (Å²) in [6, 6.07) is 15.3. The number of hydrogen-bond acceptors (Lipinski definition) is 5. The minimum atomic E-state index is -0.287. The molecular weight excluding hydrogens is 423 g/mol. The molecule has 0 atom stereocenters. The maximum Gasteiger partial charge on any atom is 0.200 e. The van der Waals surface area contributed by atoms with Gasteiger partial charge in [-0.2, -0.15) is 0 Å². The van der Waals surface area contributed by atoms with Crippen LogP contribution in [0, 0.1) is 12.7 Å². The first-order chi connectivity index (χ1) is 16.0. The highest BCUT2D eigenvalue weighted by atomic mass is 19.1. The zero-order valence-electron chi connectivity index (χ0n) is 18.4. The summed E-state index contributed by atoms with van der Waals surface area (Å²) in [6.07, 6.45) is 0.682. The van der Waals surface area contributed by atoms with E-state index < -0.39 is 0 Å². The second-order valence-corrected chi connectivity index (χ2v) is 7.95. The number of fused-ring (bicyclic) bond motifs is 2. The van der Waals surface area contributed by atoms with Crippen molar-refractivity contribution in [1.82, 2.24) is 0 Å². The first-order valence-corrected chi connectivity index (χ1v) is 10.9. The SMILES string of the molecule is CCc1cc2c(=O)c(-c3ccc4c(c3)OCCO4)c(C)oc2cc1OCc1ccc(F)cc1. The Morgan fingerprint density at radius 3 is 2.48 bits per heavy atom. The van der Waals surface area contributed by atoms with Crippen molar-refractivity contribution in [2.45, 2.75) is 26.9 Å². The van der Waals surface area contributed by atoms with Crippen molar-refractivity contribution >= 4 is 11.0 Å². The van der Waals surface area contributed by atoms with Gasteiger partial charge < -0.3 is 18.6 Å². The fraction of sp³-hybridized carbons (Fsp3) is 0.222. The lowest BCUT2D eigenvalue weighted by atomic mass is 10.00. The van der Waals surface area contributed by atoms with Crippen molar-refractivity contribution in [3.05, 3.63) is 87.5 Å². The summed E-state index contributed by atoms with van der Waals surface area (Å²) in [7, 11) is 0. The van der Waals surface area contributed by atoms with Gasteiger partial charge in [0.05, 0.1) is 10.9 Å². The van der Waals surface area contributed by atoms with Gasteiger partial charge in [-0.15, -0.1) is 0 Å². The Labute approximate surface area is 190 Å². The van der Waals surface area contributed by atoms with Gasteiger partial charge in [0.2, 0.25) is 5.43 Å². The van der Waals surface area contributed by atoms with E-state index in [1.807, 2.05) is 31.2 Å². The van der Waals surface area contributed by atoms with E-state index in [0.29, 0.717) is 59.2 Å². The highest BCUT2D eigenvalue weighted by Gasteiger charge is 2.19. The van der Waals surface area contributed by atoms with Crippen LogP contribution < -0.4 is 19.6 Å². The highest BCUT2D eigenvalue weighted by molar-refractivity contribution is 5.85. The van der Waals surface area contributed by atoms with E-state index in [4.69, 9.17) is 18.6 Å². The molecule has 4 aromatic rings. The molecule has 6 heteroatoms. The standard InChI is InChI=1S/C27H23FO5/c1-3-18-12-21-24(14-23(18)32-15-17-4-7-20(28)8-5-17)33-16(2)26(27(21)29)19-6-9-22-25(13-19)31-11-10-30-22/h4-9,12-14H,3,10-11,15H2,1-2H3. The molecule has 0 saturated heterocycles. The molecule has 0 amide bonds. The van der Waals surface area contributed by atoms with Crippen molar-refractivity contribution in [2.24, 2.45) is 0 Å². The Bertz CT molecular complexity index is 1390. The zero-order valence-corrected chi connectivity index (χ0v) is 18.4. The lowest BCUT2D eigenvalue weighted by Gasteiger charge is -2.19. The third kappa shape index (κ3) is 4.04. The maximum atomic E-state index is 13.5. The molecule has 0 unspecified atom stereocenters. The van der Waals surface area contributed by atoms with Gasteiger partial charge in [0.1, 0.15) is 42.7 Å². The van der Waals surface area contributed by atoms with Gasteiger partial charge in [-0.25, -0.2) is 4.39 Å². The van der Waals surface area contributed by atoms with Crippen LogP contribution in [0.4, 0.5) is 4.39 Å². The Morgan fingerprint density at radius 2 is 1.73 bits per heavy atom. The molecule has 0 fully saturated rings. The summed E-state index contributed by atoms with van der Waals surface area (Å²) >= 11 is 0. The second-order valence-electron chi connectivity index (χ2n) is 7.95. The predicted octanol–water partition coefficient (Wildman–Crippen LogP) is 5.82. The number of aryl methyl sites for hydroxylation is 2. The molecule has 0 radical (unpaired) electrons. The molecular formula is C27H23FO5. The smallest absolute Gasteiger partial charge is 0.200 e. The van der Waals surface area contributed by atoms with Gasteiger partial charge in [-0.3, -0.25) is 4.79 Å². The van der Waals surface area contributed by atoms with Crippen LogP contribution in [-0.4, -0.2) is 13.2 Å². The summed E-state index contributed by atoms with van der Waals surface area (Å²) in [6.45, 7) is 5.05. The Kier molecular flexibility index (Phi) is 5.50. The lowest BCUT2D eigenvalue weighted by Crippen LogP contribution is -2.15. The molecule has 3 aromatic carbocycles. The largest absolute Gasteiger partial charge is 0.488 e. The second kappa shape index (κ2) is 8.62. The molecule has 168 valence electrons. The summed E-state index contributed by atoms with van der Waals surface area (Å²) in [5.74, 6) is 2.16. The van der Waals surface area contributed by atoms with Gasteiger partial charge >= 0.3 is 0 Å². The monoisotopic (exact) mass is 446 g/mol. The molecule has 1 aliphatic rings. The van der Waals surface area contributed by atoms with E-state index in [9.17, 15) is 9.18 Å². The molecule has 0 aliphatic carbocycles. The Hall–Kier alpha value is -3.80. The molecule has 0 N–H and O–H groups in total. The summed E-state index contributed by atoms with van der Waals surface area (Å²) in [5, 5.41) is 0.497. The molecule has 1 aromatic heterocycles. The first-order valence-electron chi connectivity index (χ1n) is 10.9. The Morgan fingerprint density at radius 1 is 0.970 bits per heavy atom. The summed E-state index contributed by atoms with van der Waals surface area (Å²) in [5.41, 5.74) is 3.33. The molecule has 5 rings (SSSR count). The van der Waals surface area contributed by atoms with Gasteiger partial charge in [-0.1, -0.05) is 25.1 Å². The molecule has 0 bridgehead atoms. The van der Waals surface area contributed by atoms with Crippen LogP contribution in [0.5, 0.6) is 17.2 Å². The van der Waals surface area contributed by atoms with Gasteiger partial charge in [0, 0.05) is 6.07 Å². The average Bonchev–Trinajstić information content (AvgIpc) is 2.83. The molecule has 0 spiro atoms. The molecule has 2 heterocycles. The predicted molar refractivity (Wildman–Crippen MR) is 124 cm³/mol. The van der Waals surface area contributed by atoms with Crippen molar-refractivity contribution in [3.8, 4) is 28.4 Å². The third-order valence-electron chi connectivity index (χ3n) is 5.77. The average molecular weight is 446 g/mol. The van der Waals surface area contributed by atoms with Crippen molar-refractivity contribution in [2.75, 3.05) is 13.2 Å². The van der Waals surface area contributed by atoms with Crippen LogP contribution in [0.25, 0.3) is 22.1 Å². The fourth-order valence-corrected chi connectivity index (χ4v) is 4.06. The number of halogens is 1. The van der Waals surface area contributed by atoms with Crippen LogP contribution in [0.1, 0.15) is 23.8 Å². The van der Waals surface area contributed by atoms with Gasteiger partial charge in [0.25, 0.3) is 0 Å². The number of ether oxygens (including phenoxy) is 3. The summed E-state index contributed by atoms with van der Waals surface area (Å²) < 4.78 is 36.5. The minimum absolute atomic E-state index is 0.106. The number of hydrogen-bond donors (Lipinski definition) is 0. The quantitative estimate of drug-likeness (QED) is 0.387. The van der Waals surface area contributed by atoms with E-state index in [-0.39, 0.29) is 17.9 Å². The van der Waals surface area contributed by atoms with E-state index in [2.05, 4.69) is 0 Å². The Balaban J connectivity index is 1.54. The first kappa shape index (κ1) is 21.1. The fourth-order valence-electron chi connectivity index (χ4n) is 4.06. The van der Waals surface area contributed by atoms with Crippen LogP contribution in [0.15, 0.2) is 63.8 Å². The normalized spacial score (nSPS) is 12.7. The van der Waals surface area contributed by atoms with E-state index in [1.165, 1.54) is 12.1 Å². The summed E-state index contributed by atoms with van der Waals surface area (Å²) in [4.78, 5) is 13.5. The highest BCUT2D eigenvalue weighted by Crippen LogP contribution is 2.36. The van der Waals surface area contributed by atoms with Crippen LogP contribution in [0.3, 0.4) is 0 Å². The van der Waals surface area contributed by atoms with Crippen molar-refractivity contribution in [1.29, 1.82) is 0 Å². The van der Waals surface area contributed by atoms with Gasteiger partial charge in [-0.05, 0) is 60.4 Å². The minimum Gasteiger partial charge on any atom is -0.488 e. The van der Waals surface area contributed by atoms with E-state index in [1.54, 1.807) is 25.1 Å².